The number of carbonyl (C=O) groups is 1. The Morgan fingerprint density at radius 1 is 1.17 bits per heavy atom. The monoisotopic (exact) mass is 339 g/mol. The Balaban J connectivity index is 1.83. The number of cyclic esters (lactones) is 1. The highest BCUT2D eigenvalue weighted by Gasteiger charge is 2.25. The van der Waals surface area contributed by atoms with Crippen LogP contribution in [0.15, 0.2) is 71.4 Å². The molecule has 0 N–H and O–H groups in total. The van der Waals surface area contributed by atoms with Crippen LogP contribution in [0.1, 0.15) is 11.1 Å². The lowest BCUT2D eigenvalue weighted by Crippen LogP contribution is -2.06. The van der Waals surface area contributed by atoms with Crippen molar-refractivity contribution in [2.24, 2.45) is 4.99 Å². The van der Waals surface area contributed by atoms with Gasteiger partial charge in [-0.1, -0.05) is 54.1 Å². The van der Waals surface area contributed by atoms with Crippen molar-refractivity contribution in [2.45, 2.75) is 0 Å². The van der Waals surface area contributed by atoms with Crippen LogP contribution in [0.2, 0.25) is 5.02 Å². The summed E-state index contributed by atoms with van der Waals surface area (Å²) in [6.45, 7) is 0. The van der Waals surface area contributed by atoms with Crippen molar-refractivity contribution in [3.63, 3.8) is 0 Å². The van der Waals surface area contributed by atoms with Crippen LogP contribution in [0.3, 0.4) is 0 Å². The van der Waals surface area contributed by atoms with Gasteiger partial charge in [0.05, 0.1) is 17.7 Å². The third kappa shape index (κ3) is 3.55. The van der Waals surface area contributed by atoms with Gasteiger partial charge in [0.15, 0.2) is 5.70 Å². The number of halogens is 1. The summed E-state index contributed by atoms with van der Waals surface area (Å²) < 4.78 is 10.3. The standard InChI is InChI=1S/C19H14ClNO3/c1-23-14-10-11-15(16(20)12-14)18-21-17(19(22)24-18)9-5-8-13-6-3-2-4-7-13/h2-12H,1H3. The summed E-state index contributed by atoms with van der Waals surface area (Å²) in [5.41, 5.74) is 1.80. The molecule has 5 heteroatoms. The highest BCUT2D eigenvalue weighted by atomic mass is 35.5. The molecule has 4 nitrogen and oxygen atoms in total. The zero-order chi connectivity index (χ0) is 16.9. The Morgan fingerprint density at radius 3 is 2.67 bits per heavy atom. The fourth-order valence-corrected chi connectivity index (χ4v) is 2.40. The first kappa shape index (κ1) is 16.0. The molecule has 1 heterocycles. The van der Waals surface area contributed by atoms with Crippen LogP contribution in [0, 0.1) is 0 Å². The molecule has 1 aliphatic heterocycles. The third-order valence-corrected chi connectivity index (χ3v) is 3.68. The van der Waals surface area contributed by atoms with Gasteiger partial charge >= 0.3 is 5.97 Å². The third-order valence-electron chi connectivity index (χ3n) is 3.37. The average molecular weight is 340 g/mol. The van der Waals surface area contributed by atoms with Crippen LogP contribution in [0.5, 0.6) is 5.75 Å². The van der Waals surface area contributed by atoms with Crippen LogP contribution >= 0.6 is 11.6 Å². The van der Waals surface area contributed by atoms with E-state index in [1.165, 1.54) is 0 Å². The van der Waals surface area contributed by atoms with Gasteiger partial charge in [-0.2, -0.15) is 0 Å². The smallest absolute Gasteiger partial charge is 0.363 e. The van der Waals surface area contributed by atoms with Crippen LogP contribution in [-0.2, 0) is 9.53 Å². The first-order valence-electron chi connectivity index (χ1n) is 7.25. The van der Waals surface area contributed by atoms with Gasteiger partial charge in [0, 0.05) is 0 Å². The minimum atomic E-state index is -0.505. The molecule has 3 rings (SSSR count). The minimum absolute atomic E-state index is 0.187. The van der Waals surface area contributed by atoms with E-state index in [1.807, 2.05) is 36.4 Å². The molecule has 0 amide bonds. The number of allylic oxidation sites excluding steroid dienone is 2. The molecule has 0 saturated heterocycles. The van der Waals surface area contributed by atoms with Crippen LogP contribution < -0.4 is 4.74 Å². The SMILES string of the molecule is COc1ccc(C2=NC(=CC=Cc3ccccc3)C(=O)O2)c(Cl)c1. The Kier molecular flexibility index (Phi) is 4.77. The summed E-state index contributed by atoms with van der Waals surface area (Å²) in [5.74, 6) is 0.303. The number of rotatable bonds is 4. The molecule has 0 aliphatic carbocycles. The Bertz CT molecular complexity index is 854. The zero-order valence-electron chi connectivity index (χ0n) is 12.9. The number of esters is 1. The number of ether oxygens (including phenoxy) is 2. The van der Waals surface area contributed by atoms with Crippen LogP contribution in [0.25, 0.3) is 6.08 Å². The lowest BCUT2D eigenvalue weighted by molar-refractivity contribution is -0.130. The molecule has 120 valence electrons. The number of aliphatic imine (C=N–C) groups is 1. The van der Waals surface area contributed by atoms with Crippen LogP contribution in [-0.4, -0.2) is 19.0 Å². The molecule has 0 fully saturated rings. The number of carbonyl (C=O) groups excluding carboxylic acids is 1. The molecule has 0 spiro atoms. The average Bonchev–Trinajstić information content (AvgIpc) is 2.96. The lowest BCUT2D eigenvalue weighted by Gasteiger charge is -2.05. The number of benzene rings is 2. The number of nitrogens with zero attached hydrogens (tertiary/aromatic N) is 1. The lowest BCUT2D eigenvalue weighted by atomic mass is 10.2. The second kappa shape index (κ2) is 7.15. The van der Waals surface area contributed by atoms with E-state index in [-0.39, 0.29) is 11.6 Å². The molecule has 0 bridgehead atoms. The first-order valence-corrected chi connectivity index (χ1v) is 7.63. The van der Waals surface area contributed by atoms with Gasteiger partial charge < -0.3 is 9.47 Å². The van der Waals surface area contributed by atoms with E-state index in [2.05, 4.69) is 4.99 Å². The predicted octanol–water partition coefficient (Wildman–Crippen LogP) is 4.25. The summed E-state index contributed by atoms with van der Waals surface area (Å²) >= 11 is 6.18. The van der Waals surface area contributed by atoms with Gasteiger partial charge in [0.25, 0.3) is 0 Å². The topological polar surface area (TPSA) is 47.9 Å². The normalized spacial score (nSPS) is 15.7. The maximum atomic E-state index is 11.9. The van der Waals surface area contributed by atoms with Crippen molar-refractivity contribution in [3.05, 3.63) is 82.5 Å². The molecular formula is C19H14ClNO3. The fraction of sp³-hybridized carbons (Fsp3) is 0.0526. The molecule has 2 aromatic carbocycles. The Morgan fingerprint density at radius 2 is 1.96 bits per heavy atom. The van der Waals surface area contributed by atoms with Gasteiger partial charge in [-0.3, -0.25) is 0 Å². The van der Waals surface area contributed by atoms with Crippen molar-refractivity contribution in [2.75, 3.05) is 7.11 Å². The van der Waals surface area contributed by atoms with Gasteiger partial charge in [-0.05, 0) is 29.8 Å². The fourth-order valence-electron chi connectivity index (χ4n) is 2.15. The molecule has 24 heavy (non-hydrogen) atoms. The van der Waals surface area contributed by atoms with Gasteiger partial charge in [-0.15, -0.1) is 0 Å². The van der Waals surface area contributed by atoms with E-state index in [0.717, 1.165) is 5.56 Å². The number of hydrogen-bond acceptors (Lipinski definition) is 4. The molecule has 0 atom stereocenters. The highest BCUT2D eigenvalue weighted by Crippen LogP contribution is 2.26. The van der Waals surface area contributed by atoms with E-state index in [4.69, 9.17) is 21.1 Å². The second-order valence-corrected chi connectivity index (χ2v) is 5.38. The first-order chi connectivity index (χ1) is 11.7. The van der Waals surface area contributed by atoms with E-state index >= 15 is 0 Å². The van der Waals surface area contributed by atoms with Gasteiger partial charge in [0.2, 0.25) is 5.90 Å². The maximum Gasteiger partial charge on any atom is 0.363 e. The van der Waals surface area contributed by atoms with Crippen molar-refractivity contribution in [1.82, 2.24) is 0 Å². The Labute approximate surface area is 144 Å². The van der Waals surface area contributed by atoms with E-state index in [0.29, 0.717) is 16.3 Å². The second-order valence-electron chi connectivity index (χ2n) is 4.97. The molecule has 0 saturated carbocycles. The summed E-state index contributed by atoms with van der Waals surface area (Å²) in [6, 6.07) is 14.8. The highest BCUT2D eigenvalue weighted by molar-refractivity contribution is 6.34. The van der Waals surface area contributed by atoms with Crippen molar-refractivity contribution < 1.29 is 14.3 Å². The summed E-state index contributed by atoms with van der Waals surface area (Å²) in [5, 5.41) is 0.405. The largest absolute Gasteiger partial charge is 0.497 e. The maximum absolute atomic E-state index is 11.9. The van der Waals surface area contributed by atoms with Crippen molar-refractivity contribution in [1.29, 1.82) is 0 Å². The number of hydrogen-bond donors (Lipinski definition) is 0. The van der Waals surface area contributed by atoms with Crippen molar-refractivity contribution in [3.8, 4) is 5.75 Å². The number of methoxy groups -OCH3 is 1. The Hall–Kier alpha value is -2.85. The minimum Gasteiger partial charge on any atom is -0.497 e. The summed E-state index contributed by atoms with van der Waals surface area (Å²) in [6.07, 6.45) is 5.25. The quantitative estimate of drug-likeness (QED) is 0.618. The molecule has 1 aliphatic rings. The molecule has 0 unspecified atom stereocenters. The van der Waals surface area contributed by atoms with E-state index in [1.54, 1.807) is 37.5 Å². The zero-order valence-corrected chi connectivity index (χ0v) is 13.7. The summed E-state index contributed by atoms with van der Waals surface area (Å²) in [4.78, 5) is 16.1. The summed E-state index contributed by atoms with van der Waals surface area (Å²) in [7, 11) is 1.55. The van der Waals surface area contributed by atoms with E-state index in [9.17, 15) is 4.79 Å². The van der Waals surface area contributed by atoms with Gasteiger partial charge in [-0.25, -0.2) is 9.79 Å². The van der Waals surface area contributed by atoms with E-state index < -0.39 is 5.97 Å². The van der Waals surface area contributed by atoms with Crippen LogP contribution in [0.4, 0.5) is 0 Å². The molecule has 2 aromatic rings. The molecule has 0 aromatic heterocycles. The predicted molar refractivity (Wildman–Crippen MR) is 94.2 cm³/mol. The van der Waals surface area contributed by atoms with Crippen molar-refractivity contribution >= 4 is 29.5 Å². The molecular weight excluding hydrogens is 326 g/mol. The van der Waals surface area contributed by atoms with Gasteiger partial charge in [0.1, 0.15) is 5.75 Å². The molecule has 0 radical (unpaired) electrons.